The van der Waals surface area contributed by atoms with Gasteiger partial charge < -0.3 is 15.2 Å². The minimum atomic E-state index is -0.413. The number of rotatable bonds is 6. The summed E-state index contributed by atoms with van der Waals surface area (Å²) in [4.78, 5) is 12.3. The number of carbonyl (C=O) groups excluding carboxylic acids is 1. The number of carbonyl (C=O) groups is 1. The highest BCUT2D eigenvalue weighted by molar-refractivity contribution is 5.94. The molecule has 0 bridgehead atoms. The average molecular weight is 351 g/mol. The number of hydrogen-bond donors (Lipinski definition) is 2. The molecular weight excluding hydrogens is 330 g/mol. The average Bonchev–Trinajstić information content (AvgIpc) is 3.04. The number of nitrogens with one attached hydrogen (secondary N) is 1. The fraction of sp³-hybridized carbons (Fsp3) is 0.200. The minimum Gasteiger partial charge on any atom is -0.504 e. The van der Waals surface area contributed by atoms with E-state index in [1.54, 1.807) is 7.11 Å². The molecule has 0 fully saturated rings. The number of methoxy groups -OCH3 is 1. The molecule has 0 saturated carbocycles. The summed E-state index contributed by atoms with van der Waals surface area (Å²) >= 11 is 0. The fourth-order valence-electron chi connectivity index (χ4n) is 2.74. The van der Waals surface area contributed by atoms with Crippen molar-refractivity contribution in [2.45, 2.75) is 13.3 Å². The van der Waals surface area contributed by atoms with Crippen LogP contribution in [-0.4, -0.2) is 34.4 Å². The van der Waals surface area contributed by atoms with Crippen molar-refractivity contribution in [3.8, 4) is 17.2 Å². The van der Waals surface area contributed by atoms with E-state index in [0.717, 1.165) is 22.6 Å². The van der Waals surface area contributed by atoms with Crippen LogP contribution in [0.1, 0.15) is 21.6 Å². The van der Waals surface area contributed by atoms with Crippen molar-refractivity contribution in [1.82, 2.24) is 15.1 Å². The Kier molecular flexibility index (Phi) is 5.22. The summed E-state index contributed by atoms with van der Waals surface area (Å²) in [7, 11) is 1.63. The standard InChI is InChI=1S/C20H21N3O3/c1-14-8-9-18(26-2)15(12-14)10-11-21-20(25)19-17(24)13-23(22-19)16-6-4-3-5-7-16/h3-9,12-13,24H,10-11H2,1-2H3,(H,21,25). The molecule has 0 aliphatic carbocycles. The number of hydrogen-bond acceptors (Lipinski definition) is 4. The Morgan fingerprint density at radius 2 is 2.00 bits per heavy atom. The van der Waals surface area contributed by atoms with E-state index in [1.165, 1.54) is 10.9 Å². The molecule has 0 aliphatic rings. The van der Waals surface area contributed by atoms with Gasteiger partial charge in [-0.2, -0.15) is 5.10 Å². The lowest BCUT2D eigenvalue weighted by atomic mass is 10.1. The fourth-order valence-corrected chi connectivity index (χ4v) is 2.74. The molecule has 0 spiro atoms. The number of aryl methyl sites for hydroxylation is 1. The third-order valence-corrected chi connectivity index (χ3v) is 4.05. The maximum Gasteiger partial charge on any atom is 0.275 e. The van der Waals surface area contributed by atoms with Gasteiger partial charge in [-0.25, -0.2) is 4.68 Å². The highest BCUT2D eigenvalue weighted by Gasteiger charge is 2.17. The van der Waals surface area contributed by atoms with Crippen molar-refractivity contribution in [3.05, 3.63) is 71.5 Å². The van der Waals surface area contributed by atoms with Gasteiger partial charge in [-0.05, 0) is 37.1 Å². The molecule has 134 valence electrons. The second kappa shape index (κ2) is 7.74. The molecule has 6 nitrogen and oxygen atoms in total. The molecule has 0 saturated heterocycles. The summed E-state index contributed by atoms with van der Waals surface area (Å²) in [6.07, 6.45) is 2.05. The zero-order valence-electron chi connectivity index (χ0n) is 14.8. The van der Waals surface area contributed by atoms with Crippen molar-refractivity contribution < 1.29 is 14.6 Å². The molecule has 0 atom stereocenters. The van der Waals surface area contributed by atoms with Crippen LogP contribution in [0.4, 0.5) is 0 Å². The van der Waals surface area contributed by atoms with Crippen LogP contribution in [0.5, 0.6) is 11.5 Å². The van der Waals surface area contributed by atoms with Crippen molar-refractivity contribution >= 4 is 5.91 Å². The van der Waals surface area contributed by atoms with E-state index in [1.807, 2.05) is 55.5 Å². The highest BCUT2D eigenvalue weighted by atomic mass is 16.5. The zero-order valence-corrected chi connectivity index (χ0v) is 14.8. The number of para-hydroxylation sites is 1. The van der Waals surface area contributed by atoms with Gasteiger partial charge in [-0.1, -0.05) is 35.9 Å². The normalized spacial score (nSPS) is 10.5. The van der Waals surface area contributed by atoms with Gasteiger partial charge in [0.2, 0.25) is 0 Å². The van der Waals surface area contributed by atoms with Crippen LogP contribution in [0.15, 0.2) is 54.7 Å². The van der Waals surface area contributed by atoms with Crippen LogP contribution < -0.4 is 10.1 Å². The Bertz CT molecular complexity index is 904. The van der Waals surface area contributed by atoms with Gasteiger partial charge in [0.15, 0.2) is 11.4 Å². The number of aromatic nitrogens is 2. The third-order valence-electron chi connectivity index (χ3n) is 4.05. The molecule has 0 unspecified atom stereocenters. The highest BCUT2D eigenvalue weighted by Crippen LogP contribution is 2.20. The van der Waals surface area contributed by atoms with Crippen LogP contribution in [0.2, 0.25) is 0 Å². The summed E-state index contributed by atoms with van der Waals surface area (Å²) < 4.78 is 6.83. The molecule has 26 heavy (non-hydrogen) atoms. The molecule has 3 rings (SSSR count). The SMILES string of the molecule is COc1ccc(C)cc1CCNC(=O)c1nn(-c2ccccc2)cc1O. The first-order valence-corrected chi connectivity index (χ1v) is 8.34. The molecule has 6 heteroatoms. The summed E-state index contributed by atoms with van der Waals surface area (Å²) in [6, 6.07) is 15.2. The van der Waals surface area contributed by atoms with Crippen molar-refractivity contribution in [2.24, 2.45) is 0 Å². The van der Waals surface area contributed by atoms with Crippen molar-refractivity contribution in [1.29, 1.82) is 0 Å². The number of nitrogens with zero attached hydrogens (tertiary/aromatic N) is 2. The largest absolute Gasteiger partial charge is 0.504 e. The van der Waals surface area contributed by atoms with E-state index in [4.69, 9.17) is 4.74 Å². The molecule has 2 N–H and O–H groups in total. The van der Waals surface area contributed by atoms with E-state index < -0.39 is 5.91 Å². The minimum absolute atomic E-state index is 0.00469. The van der Waals surface area contributed by atoms with Crippen LogP contribution in [0.25, 0.3) is 5.69 Å². The quantitative estimate of drug-likeness (QED) is 0.716. The smallest absolute Gasteiger partial charge is 0.275 e. The van der Waals surface area contributed by atoms with Crippen LogP contribution in [-0.2, 0) is 6.42 Å². The Hall–Kier alpha value is -3.28. The van der Waals surface area contributed by atoms with E-state index in [-0.39, 0.29) is 11.4 Å². The second-order valence-electron chi connectivity index (χ2n) is 5.96. The first-order valence-electron chi connectivity index (χ1n) is 8.34. The maximum absolute atomic E-state index is 12.3. The zero-order chi connectivity index (χ0) is 18.5. The first-order chi connectivity index (χ1) is 12.6. The monoisotopic (exact) mass is 351 g/mol. The topological polar surface area (TPSA) is 76.4 Å². The van der Waals surface area contributed by atoms with E-state index in [0.29, 0.717) is 13.0 Å². The molecule has 0 radical (unpaired) electrons. The van der Waals surface area contributed by atoms with Gasteiger partial charge in [0.1, 0.15) is 5.75 Å². The number of ether oxygens (including phenoxy) is 1. The van der Waals surface area contributed by atoms with Gasteiger partial charge in [-0.3, -0.25) is 4.79 Å². The Morgan fingerprint density at radius 3 is 2.73 bits per heavy atom. The van der Waals surface area contributed by atoms with Gasteiger partial charge in [0.25, 0.3) is 5.91 Å². The van der Waals surface area contributed by atoms with E-state index >= 15 is 0 Å². The molecule has 2 aromatic carbocycles. The Morgan fingerprint density at radius 1 is 1.23 bits per heavy atom. The van der Waals surface area contributed by atoms with Gasteiger partial charge in [0, 0.05) is 6.54 Å². The molecule has 0 aliphatic heterocycles. The molecule has 1 amide bonds. The number of aromatic hydroxyl groups is 1. The van der Waals surface area contributed by atoms with Crippen LogP contribution >= 0.6 is 0 Å². The summed E-state index contributed by atoms with van der Waals surface area (Å²) in [6.45, 7) is 2.42. The van der Waals surface area contributed by atoms with Gasteiger partial charge in [0.05, 0.1) is 19.0 Å². The number of amides is 1. The van der Waals surface area contributed by atoms with Crippen molar-refractivity contribution in [2.75, 3.05) is 13.7 Å². The van der Waals surface area contributed by atoms with Crippen molar-refractivity contribution in [3.63, 3.8) is 0 Å². The van der Waals surface area contributed by atoms with E-state index in [2.05, 4.69) is 10.4 Å². The molecular formula is C20H21N3O3. The lowest BCUT2D eigenvalue weighted by Gasteiger charge is -2.10. The van der Waals surface area contributed by atoms with Crippen LogP contribution in [0, 0.1) is 6.92 Å². The van der Waals surface area contributed by atoms with Gasteiger partial charge >= 0.3 is 0 Å². The molecule has 1 heterocycles. The first kappa shape index (κ1) is 17.5. The predicted octanol–water partition coefficient (Wildman–Crippen LogP) is 2.87. The van der Waals surface area contributed by atoms with E-state index in [9.17, 15) is 9.90 Å². The van der Waals surface area contributed by atoms with Gasteiger partial charge in [-0.15, -0.1) is 0 Å². The second-order valence-corrected chi connectivity index (χ2v) is 5.96. The predicted molar refractivity (Wildman–Crippen MR) is 99.0 cm³/mol. The summed E-state index contributed by atoms with van der Waals surface area (Å²) in [5.41, 5.74) is 2.93. The molecule has 1 aromatic heterocycles. The maximum atomic E-state index is 12.3. The molecule has 3 aromatic rings. The lowest BCUT2D eigenvalue weighted by molar-refractivity contribution is 0.0946. The lowest BCUT2D eigenvalue weighted by Crippen LogP contribution is -2.26. The summed E-state index contributed by atoms with van der Waals surface area (Å²) in [5.74, 6) is 0.226. The Labute approximate surface area is 152 Å². The summed E-state index contributed by atoms with van der Waals surface area (Å²) in [5, 5.41) is 17.0. The number of benzene rings is 2. The van der Waals surface area contributed by atoms with Crippen LogP contribution in [0.3, 0.4) is 0 Å². The third kappa shape index (κ3) is 3.85. The Balaban J connectivity index is 1.66.